The van der Waals surface area contributed by atoms with Gasteiger partial charge in [-0.25, -0.2) is 4.98 Å². The molecule has 96 valence electrons. The lowest BCUT2D eigenvalue weighted by Crippen LogP contribution is -2.42. The summed E-state index contributed by atoms with van der Waals surface area (Å²) in [5.41, 5.74) is 3.85. The van der Waals surface area contributed by atoms with Gasteiger partial charge in [0, 0.05) is 12.1 Å². The molecule has 19 heavy (non-hydrogen) atoms. The molecule has 0 bridgehead atoms. The number of alkyl halides is 1. The molecule has 0 unspecified atom stereocenters. The van der Waals surface area contributed by atoms with Crippen LogP contribution in [0.25, 0.3) is 22.1 Å². The van der Waals surface area contributed by atoms with E-state index >= 15 is 0 Å². The van der Waals surface area contributed by atoms with Crippen LogP contribution in [0.4, 0.5) is 0 Å². The molecule has 0 aliphatic heterocycles. The molecular weight excluding hydrogens is 260 g/mol. The van der Waals surface area contributed by atoms with Crippen molar-refractivity contribution in [1.29, 1.82) is 0 Å². The third-order valence-corrected chi connectivity index (χ3v) is 3.51. The van der Waals surface area contributed by atoms with Crippen LogP contribution in [-0.2, 0) is 6.54 Å². The smallest absolute Gasteiger partial charge is 0.231 e. The predicted molar refractivity (Wildman–Crippen MR) is 76.2 cm³/mol. The van der Waals surface area contributed by atoms with Crippen molar-refractivity contribution in [2.45, 2.75) is 12.6 Å². The third-order valence-electron chi connectivity index (χ3n) is 3.16. The minimum absolute atomic E-state index is 0.220. The Balaban J connectivity index is 2.33. The average Bonchev–Trinajstić information content (AvgIpc) is 2.46. The second-order valence-corrected chi connectivity index (χ2v) is 4.82. The van der Waals surface area contributed by atoms with Gasteiger partial charge in [0.25, 0.3) is 0 Å². The van der Waals surface area contributed by atoms with E-state index in [4.69, 9.17) is 11.6 Å². The fraction of sp³-hybridized carbons (Fsp3) is 0.200. The molecule has 1 atom stereocenters. The lowest BCUT2D eigenvalue weighted by atomic mass is 10.2. The zero-order valence-corrected chi connectivity index (χ0v) is 11.1. The molecule has 0 spiro atoms. The summed E-state index contributed by atoms with van der Waals surface area (Å²) in [5.74, 6) is 0.220. The van der Waals surface area contributed by atoms with Crippen LogP contribution in [0.15, 0.2) is 48.5 Å². The summed E-state index contributed by atoms with van der Waals surface area (Å²) < 4.78 is 2.07. The van der Waals surface area contributed by atoms with Crippen molar-refractivity contribution in [3.05, 3.63) is 48.5 Å². The number of nitrogens with zero attached hydrogens (tertiary/aromatic N) is 2. The van der Waals surface area contributed by atoms with Gasteiger partial charge >= 0.3 is 0 Å². The number of rotatable bonds is 3. The van der Waals surface area contributed by atoms with Crippen molar-refractivity contribution in [3.63, 3.8) is 0 Å². The molecule has 3 nitrogen and oxygen atoms in total. The topological polar surface area (TPSA) is 37.0 Å². The van der Waals surface area contributed by atoms with E-state index in [1.54, 1.807) is 0 Å². The van der Waals surface area contributed by atoms with Gasteiger partial charge in [0.2, 0.25) is 11.0 Å². The Morgan fingerprint density at radius 2 is 1.53 bits per heavy atom. The van der Waals surface area contributed by atoms with Gasteiger partial charge in [0.15, 0.2) is 6.54 Å². The molecule has 1 aromatic heterocycles. The van der Waals surface area contributed by atoms with Gasteiger partial charge in [-0.3, -0.25) is 0 Å². The highest BCUT2D eigenvalue weighted by Crippen LogP contribution is 2.14. The molecule has 0 amide bonds. The summed E-state index contributed by atoms with van der Waals surface area (Å²) in [5, 5.41) is 9.86. The Morgan fingerprint density at radius 1 is 1.00 bits per heavy atom. The maximum Gasteiger partial charge on any atom is 0.231 e. The Bertz CT molecular complexity index is 675. The Morgan fingerprint density at radius 3 is 2.05 bits per heavy atom. The zero-order chi connectivity index (χ0) is 13.2. The van der Waals surface area contributed by atoms with E-state index in [0.717, 1.165) is 22.1 Å². The van der Waals surface area contributed by atoms with Crippen molar-refractivity contribution in [3.8, 4) is 0 Å². The lowest BCUT2D eigenvalue weighted by molar-refractivity contribution is -0.652. The number of fused-ring (bicyclic) bond motifs is 2. The number of aliphatic hydroxyl groups is 1. The van der Waals surface area contributed by atoms with Crippen LogP contribution >= 0.6 is 11.6 Å². The summed E-state index contributed by atoms with van der Waals surface area (Å²) in [4.78, 5) is 4.64. The van der Waals surface area contributed by atoms with E-state index < -0.39 is 6.10 Å². The third kappa shape index (κ3) is 2.27. The number of aromatic nitrogens is 2. The molecule has 1 heterocycles. The number of hydrogen-bond acceptors (Lipinski definition) is 2. The lowest BCUT2D eigenvalue weighted by Gasteiger charge is -2.07. The average molecular weight is 274 g/mol. The van der Waals surface area contributed by atoms with Crippen LogP contribution in [-0.4, -0.2) is 22.1 Å². The minimum atomic E-state index is -0.569. The molecule has 1 N–H and O–H groups in total. The largest absolute Gasteiger partial charge is 0.385 e. The highest BCUT2D eigenvalue weighted by atomic mass is 35.5. The first-order chi connectivity index (χ1) is 9.29. The van der Waals surface area contributed by atoms with E-state index in [0.29, 0.717) is 6.54 Å². The number of halogens is 1. The maximum absolute atomic E-state index is 9.86. The first kappa shape index (κ1) is 12.3. The van der Waals surface area contributed by atoms with E-state index in [9.17, 15) is 5.11 Å². The van der Waals surface area contributed by atoms with E-state index in [1.165, 1.54) is 0 Å². The molecule has 0 aliphatic carbocycles. The second kappa shape index (κ2) is 5.11. The number of aliphatic hydroxyl groups excluding tert-OH is 1. The summed E-state index contributed by atoms with van der Waals surface area (Å²) >= 11 is 5.73. The monoisotopic (exact) mass is 273 g/mol. The van der Waals surface area contributed by atoms with Crippen LogP contribution < -0.4 is 4.57 Å². The molecule has 3 aromatic rings. The van der Waals surface area contributed by atoms with Gasteiger partial charge in [-0.2, -0.15) is 4.57 Å². The normalized spacial score (nSPS) is 12.9. The summed E-state index contributed by atoms with van der Waals surface area (Å²) in [6.07, 6.45) is -0.569. The van der Waals surface area contributed by atoms with E-state index in [2.05, 4.69) is 9.55 Å². The number of para-hydroxylation sites is 4. The van der Waals surface area contributed by atoms with Crippen LogP contribution in [0.2, 0.25) is 0 Å². The van der Waals surface area contributed by atoms with Crippen LogP contribution in [0.1, 0.15) is 0 Å². The fourth-order valence-electron chi connectivity index (χ4n) is 2.29. The van der Waals surface area contributed by atoms with Gasteiger partial charge in [-0.15, -0.1) is 11.6 Å². The first-order valence-corrected chi connectivity index (χ1v) is 6.74. The van der Waals surface area contributed by atoms with E-state index in [1.807, 2.05) is 48.5 Å². The summed E-state index contributed by atoms with van der Waals surface area (Å²) in [6, 6.07) is 15.9. The van der Waals surface area contributed by atoms with Gasteiger partial charge in [-0.05, 0) is 12.1 Å². The standard InChI is InChI=1S/C15H14ClN2O/c16-9-11(19)10-18-14-7-3-1-5-12(14)17-13-6-2-4-8-15(13)18/h1-8,11,19H,9-10H2/q+1/t11-/m0/s1. The predicted octanol–water partition coefficient (Wildman–Crippen LogP) is 2.28. The van der Waals surface area contributed by atoms with Crippen LogP contribution in [0, 0.1) is 0 Å². The molecule has 0 aliphatic rings. The summed E-state index contributed by atoms with van der Waals surface area (Å²) in [7, 11) is 0. The second-order valence-electron chi connectivity index (χ2n) is 4.51. The maximum atomic E-state index is 9.86. The Hall–Kier alpha value is -1.71. The molecule has 0 radical (unpaired) electrons. The highest BCUT2D eigenvalue weighted by Gasteiger charge is 2.19. The molecule has 0 saturated heterocycles. The van der Waals surface area contributed by atoms with Gasteiger partial charge in [-0.1, -0.05) is 24.3 Å². The van der Waals surface area contributed by atoms with Gasteiger partial charge < -0.3 is 5.11 Å². The number of hydrogen-bond donors (Lipinski definition) is 1. The highest BCUT2D eigenvalue weighted by molar-refractivity contribution is 6.18. The van der Waals surface area contributed by atoms with Gasteiger partial charge in [0.1, 0.15) is 17.1 Å². The number of benzene rings is 2. The molecule has 0 saturated carbocycles. The quantitative estimate of drug-likeness (QED) is 0.452. The molecule has 0 fully saturated rings. The van der Waals surface area contributed by atoms with Crippen molar-refractivity contribution in [1.82, 2.24) is 4.98 Å². The Kier molecular flexibility index (Phi) is 3.32. The molecule has 2 aromatic carbocycles. The Labute approximate surface area is 116 Å². The van der Waals surface area contributed by atoms with Crippen molar-refractivity contribution < 1.29 is 9.67 Å². The fourth-order valence-corrected chi connectivity index (χ4v) is 2.39. The molecule has 3 rings (SSSR count). The van der Waals surface area contributed by atoms with E-state index in [-0.39, 0.29) is 5.88 Å². The summed E-state index contributed by atoms with van der Waals surface area (Å²) in [6.45, 7) is 0.465. The van der Waals surface area contributed by atoms with Crippen molar-refractivity contribution in [2.75, 3.05) is 5.88 Å². The molecule has 4 heteroatoms. The first-order valence-electron chi connectivity index (χ1n) is 6.21. The zero-order valence-electron chi connectivity index (χ0n) is 10.3. The van der Waals surface area contributed by atoms with Crippen molar-refractivity contribution in [2.24, 2.45) is 0 Å². The molecular formula is C15H14ClN2O+. The van der Waals surface area contributed by atoms with Crippen LogP contribution in [0.5, 0.6) is 0 Å². The van der Waals surface area contributed by atoms with Gasteiger partial charge in [0.05, 0.1) is 5.88 Å². The van der Waals surface area contributed by atoms with Crippen LogP contribution in [0.3, 0.4) is 0 Å². The van der Waals surface area contributed by atoms with Crippen molar-refractivity contribution >= 4 is 33.7 Å². The minimum Gasteiger partial charge on any atom is -0.385 e. The SMILES string of the molecule is O[C@@H](CCl)C[n+]1c2ccccc2nc2ccccc21.